The number of carbonyl (C=O) groups is 2. The molecule has 168 valence electrons. The van der Waals surface area contributed by atoms with Crippen LogP contribution in [0.3, 0.4) is 0 Å². The van der Waals surface area contributed by atoms with Crippen molar-refractivity contribution in [1.82, 2.24) is 14.5 Å². The maximum absolute atomic E-state index is 13.9. The van der Waals surface area contributed by atoms with Crippen LogP contribution >= 0.6 is 11.6 Å². The minimum atomic E-state index is -1.02. The highest BCUT2D eigenvalue weighted by Crippen LogP contribution is 2.31. The van der Waals surface area contributed by atoms with Crippen molar-refractivity contribution in [2.24, 2.45) is 7.05 Å². The van der Waals surface area contributed by atoms with Gasteiger partial charge in [-0.15, -0.1) is 0 Å². The van der Waals surface area contributed by atoms with Crippen molar-refractivity contribution in [3.63, 3.8) is 0 Å². The van der Waals surface area contributed by atoms with Crippen LogP contribution in [0.5, 0.6) is 11.5 Å². The van der Waals surface area contributed by atoms with Gasteiger partial charge in [-0.2, -0.15) is 0 Å². The number of hydrogen-bond acceptors (Lipinski definition) is 4. The normalized spacial score (nSPS) is 11.3. The average Bonchev–Trinajstić information content (AvgIpc) is 3.05. The van der Waals surface area contributed by atoms with E-state index in [1.54, 1.807) is 30.5 Å². The molecule has 0 aliphatic heterocycles. The summed E-state index contributed by atoms with van der Waals surface area (Å²) in [5.41, 5.74) is 0.825. The summed E-state index contributed by atoms with van der Waals surface area (Å²) in [5.74, 6) is 0.261. The fourth-order valence-electron chi connectivity index (χ4n) is 3.18. The maximum atomic E-state index is 13.9. The monoisotopic (exact) mass is 459 g/mol. The number of carboxylic acid groups (broad SMARTS) is 1. The van der Waals surface area contributed by atoms with Crippen molar-refractivity contribution < 1.29 is 23.8 Å². The predicted octanol–water partition coefficient (Wildman–Crippen LogP) is 5.76. The number of nitrogens with zero attached hydrogens (tertiary/aromatic N) is 3. The van der Waals surface area contributed by atoms with Crippen LogP contribution in [-0.2, 0) is 13.6 Å². The van der Waals surface area contributed by atoms with Crippen LogP contribution in [0, 0.1) is 5.82 Å². The second-order valence-corrected chi connectivity index (χ2v) is 8.64. The van der Waals surface area contributed by atoms with E-state index in [1.807, 2.05) is 32.4 Å². The molecule has 3 aromatic rings. The van der Waals surface area contributed by atoms with Crippen molar-refractivity contribution in [1.29, 1.82) is 0 Å². The van der Waals surface area contributed by atoms with Crippen LogP contribution in [0.2, 0.25) is 5.02 Å². The van der Waals surface area contributed by atoms with Crippen LogP contribution < -0.4 is 4.74 Å². The first kappa shape index (κ1) is 23.3. The van der Waals surface area contributed by atoms with Gasteiger partial charge in [-0.3, -0.25) is 9.69 Å². The number of benzene rings is 2. The van der Waals surface area contributed by atoms with Gasteiger partial charge in [0, 0.05) is 29.2 Å². The molecule has 1 amide bonds. The Hall–Kier alpha value is -3.39. The summed E-state index contributed by atoms with van der Waals surface area (Å²) in [6.07, 6.45) is 1.03. The Labute approximate surface area is 190 Å². The number of amides is 1. The Bertz CT molecular complexity index is 1150. The Morgan fingerprint density at radius 2 is 1.94 bits per heavy atom. The van der Waals surface area contributed by atoms with Crippen molar-refractivity contribution in [3.8, 4) is 22.8 Å². The molecule has 0 fully saturated rings. The Morgan fingerprint density at radius 3 is 2.50 bits per heavy atom. The molecule has 0 aliphatic carbocycles. The Morgan fingerprint density at radius 1 is 1.28 bits per heavy atom. The molecule has 0 atom stereocenters. The van der Waals surface area contributed by atoms with E-state index >= 15 is 0 Å². The van der Waals surface area contributed by atoms with Gasteiger partial charge in [-0.05, 0) is 51.1 Å². The average molecular weight is 460 g/mol. The van der Waals surface area contributed by atoms with Gasteiger partial charge >= 0.3 is 6.09 Å². The van der Waals surface area contributed by atoms with E-state index < -0.39 is 17.4 Å². The molecule has 9 heteroatoms. The molecule has 0 unspecified atom stereocenters. The number of carbonyl (C=O) groups excluding carboxylic acids is 1. The lowest BCUT2D eigenvalue weighted by molar-refractivity contribution is 0.0932. The van der Waals surface area contributed by atoms with Gasteiger partial charge in [0.2, 0.25) is 0 Å². The minimum absolute atomic E-state index is 0.0245. The van der Waals surface area contributed by atoms with E-state index in [-0.39, 0.29) is 22.9 Å². The van der Waals surface area contributed by atoms with Crippen LogP contribution in [0.25, 0.3) is 11.3 Å². The molecule has 2 aromatic carbocycles. The van der Waals surface area contributed by atoms with Gasteiger partial charge in [0.1, 0.15) is 23.1 Å². The third kappa shape index (κ3) is 4.91. The van der Waals surface area contributed by atoms with Gasteiger partial charge in [0.05, 0.1) is 24.0 Å². The standard InChI is InChI=1S/C23H23ClFN3O4/c1-23(2,3)28(22(30)31)12-21-26-11-19(27(21)4)14-5-7-16(8-6-14)32-20-10-15(24)9-18(25)17(20)13-29/h5-11,13H,12H2,1-4H3,(H,30,31). The Kier molecular flexibility index (Phi) is 6.55. The maximum Gasteiger partial charge on any atom is 0.408 e. The zero-order valence-corrected chi connectivity index (χ0v) is 18.9. The molecule has 0 spiro atoms. The molecule has 0 bridgehead atoms. The minimum Gasteiger partial charge on any atom is -0.465 e. The van der Waals surface area contributed by atoms with Crippen molar-refractivity contribution in [2.75, 3.05) is 0 Å². The second kappa shape index (κ2) is 9.00. The van der Waals surface area contributed by atoms with Crippen LogP contribution in [-0.4, -0.2) is 37.5 Å². The third-order valence-electron chi connectivity index (χ3n) is 4.98. The van der Waals surface area contributed by atoms with Crippen LogP contribution in [0.4, 0.5) is 9.18 Å². The lowest BCUT2D eigenvalue weighted by Crippen LogP contribution is -2.44. The zero-order valence-electron chi connectivity index (χ0n) is 18.1. The largest absolute Gasteiger partial charge is 0.465 e. The number of hydrogen-bond donors (Lipinski definition) is 1. The third-order valence-corrected chi connectivity index (χ3v) is 5.19. The summed E-state index contributed by atoms with van der Waals surface area (Å²) in [7, 11) is 1.82. The first-order chi connectivity index (χ1) is 15.0. The van der Waals surface area contributed by atoms with E-state index in [0.717, 1.165) is 17.3 Å². The van der Waals surface area contributed by atoms with Crippen LogP contribution in [0.15, 0.2) is 42.6 Å². The summed E-state index contributed by atoms with van der Waals surface area (Å²) in [5, 5.41) is 9.65. The number of rotatable bonds is 6. The number of imidazole rings is 1. The lowest BCUT2D eigenvalue weighted by Gasteiger charge is -2.32. The number of aromatic nitrogens is 2. The van der Waals surface area contributed by atoms with Crippen molar-refractivity contribution in [3.05, 3.63) is 64.8 Å². The first-order valence-corrected chi connectivity index (χ1v) is 10.1. The number of aldehydes is 1. The second-order valence-electron chi connectivity index (χ2n) is 8.20. The van der Waals surface area contributed by atoms with Crippen LogP contribution in [0.1, 0.15) is 37.0 Å². The quantitative estimate of drug-likeness (QED) is 0.473. The highest BCUT2D eigenvalue weighted by atomic mass is 35.5. The summed E-state index contributed by atoms with van der Waals surface area (Å²) < 4.78 is 21.4. The van der Waals surface area contributed by atoms with Crippen molar-refractivity contribution >= 4 is 24.0 Å². The van der Waals surface area contributed by atoms with E-state index in [4.69, 9.17) is 16.3 Å². The molecular formula is C23H23ClFN3O4. The van der Waals surface area contributed by atoms with Crippen molar-refractivity contribution in [2.45, 2.75) is 32.9 Å². The highest BCUT2D eigenvalue weighted by molar-refractivity contribution is 6.30. The van der Waals surface area contributed by atoms with Gasteiger partial charge < -0.3 is 14.4 Å². The first-order valence-electron chi connectivity index (χ1n) is 9.75. The summed E-state index contributed by atoms with van der Waals surface area (Å²) in [4.78, 5) is 28.5. The SMILES string of the molecule is Cn1c(-c2ccc(Oc3cc(Cl)cc(F)c3C=O)cc2)cnc1CN(C(=O)O)C(C)(C)C. The predicted molar refractivity (Wildman–Crippen MR) is 119 cm³/mol. The molecule has 0 saturated carbocycles. The smallest absolute Gasteiger partial charge is 0.408 e. The molecule has 7 nitrogen and oxygen atoms in total. The fraction of sp³-hybridized carbons (Fsp3) is 0.261. The van der Waals surface area contributed by atoms with E-state index in [9.17, 15) is 19.1 Å². The van der Waals surface area contributed by atoms with E-state index in [1.165, 1.54) is 11.0 Å². The highest BCUT2D eigenvalue weighted by Gasteiger charge is 2.27. The van der Waals surface area contributed by atoms with E-state index in [2.05, 4.69) is 4.98 Å². The topological polar surface area (TPSA) is 84.7 Å². The molecule has 3 rings (SSSR count). The Balaban J connectivity index is 1.83. The van der Waals surface area contributed by atoms with Gasteiger partial charge in [-0.1, -0.05) is 11.6 Å². The molecule has 0 saturated heterocycles. The zero-order chi connectivity index (χ0) is 23.6. The molecule has 1 heterocycles. The molecule has 1 N–H and O–H groups in total. The lowest BCUT2D eigenvalue weighted by atomic mass is 10.1. The molecule has 0 aliphatic rings. The molecule has 0 radical (unpaired) electrons. The van der Waals surface area contributed by atoms with E-state index in [0.29, 0.717) is 17.9 Å². The summed E-state index contributed by atoms with van der Waals surface area (Å²) >= 11 is 5.87. The summed E-state index contributed by atoms with van der Waals surface area (Å²) in [6.45, 7) is 5.62. The van der Waals surface area contributed by atoms with Gasteiger partial charge in [-0.25, -0.2) is 14.2 Å². The summed E-state index contributed by atoms with van der Waals surface area (Å²) in [6, 6.07) is 9.35. The number of halogens is 2. The van der Waals surface area contributed by atoms with Gasteiger partial charge in [0.25, 0.3) is 0 Å². The fourth-order valence-corrected chi connectivity index (χ4v) is 3.37. The van der Waals surface area contributed by atoms with Gasteiger partial charge in [0.15, 0.2) is 6.29 Å². The molecular weight excluding hydrogens is 437 g/mol. The molecule has 32 heavy (non-hydrogen) atoms. The number of ether oxygens (including phenoxy) is 1. The molecule has 1 aromatic heterocycles.